The van der Waals surface area contributed by atoms with Crippen LogP contribution < -0.4 is 16.0 Å². The number of unbranched alkanes of at least 4 members (excludes halogenated alkanes) is 6. The lowest BCUT2D eigenvalue weighted by atomic mass is 10.1. The molecule has 0 saturated heterocycles. The number of amides is 2. The minimum absolute atomic E-state index is 0.164. The molecule has 0 aliphatic heterocycles. The summed E-state index contributed by atoms with van der Waals surface area (Å²) in [6, 6.07) is 32.4. The monoisotopic (exact) mass is 971 g/mol. The maximum atomic E-state index is 13.8. The summed E-state index contributed by atoms with van der Waals surface area (Å²) in [6.45, 7) is 30.0. The molecule has 0 aliphatic carbocycles. The van der Waals surface area contributed by atoms with E-state index in [-0.39, 0.29) is 11.8 Å². The average molecular weight is 972 g/mol. The Morgan fingerprint density at radius 2 is 0.743 bits per heavy atom. The van der Waals surface area contributed by atoms with E-state index < -0.39 is 0 Å². The number of hydrogen-bond donors (Lipinski definition) is 3. The van der Waals surface area contributed by atoms with Gasteiger partial charge in [-0.2, -0.15) is 0 Å². The van der Waals surface area contributed by atoms with E-state index in [1.807, 2.05) is 0 Å². The van der Waals surface area contributed by atoms with E-state index in [4.69, 9.17) is 4.74 Å². The predicted molar refractivity (Wildman–Crippen MR) is 295 cm³/mol. The lowest BCUT2D eigenvalue weighted by Gasteiger charge is -2.38. The molecule has 0 unspecified atom stereocenters. The molecule has 0 spiro atoms. The zero-order valence-corrected chi connectivity index (χ0v) is 45.7. The Hall–Kier alpha value is -3.64. The molecule has 0 aromatic heterocycles. The third-order valence-electron chi connectivity index (χ3n) is 14.3. The van der Waals surface area contributed by atoms with Gasteiger partial charge in [-0.25, -0.2) is 0 Å². The molecule has 3 aromatic carbocycles. The summed E-state index contributed by atoms with van der Waals surface area (Å²) in [7, 11) is 0. The van der Waals surface area contributed by atoms with Gasteiger partial charge in [0.15, 0.2) is 19.8 Å². The van der Waals surface area contributed by atoms with E-state index >= 15 is 0 Å². The topological polar surface area (TPSA) is 82.7 Å². The van der Waals surface area contributed by atoms with Crippen LogP contribution in [0.4, 0.5) is 0 Å². The highest BCUT2D eigenvalue weighted by molar-refractivity contribution is 5.77. The molecule has 2 amide bonds. The average Bonchev–Trinajstić information content (AvgIpc) is 3.37. The largest absolute Gasteiger partial charge is 0.351 e. The molecule has 10 heteroatoms. The highest BCUT2D eigenvalue weighted by Crippen LogP contribution is 2.21. The van der Waals surface area contributed by atoms with Gasteiger partial charge in [0.05, 0.1) is 39.3 Å². The maximum absolute atomic E-state index is 13.8. The molecule has 0 radical (unpaired) electrons. The predicted octanol–water partition coefficient (Wildman–Crippen LogP) is 11.1. The van der Waals surface area contributed by atoms with Gasteiger partial charge in [-0.1, -0.05) is 171 Å². The number of quaternary nitrogens is 3. The summed E-state index contributed by atoms with van der Waals surface area (Å²) in [4.78, 5) is 30.1. The second kappa shape index (κ2) is 37.2. The first-order valence-corrected chi connectivity index (χ1v) is 28.4. The van der Waals surface area contributed by atoms with Crippen LogP contribution in [0.1, 0.15) is 155 Å². The molecule has 3 N–H and O–H groups in total. The standard InChI is InChI=1S/C60H102N7O3/c1-7-13-43-65(44-14-8-2,49-56-31-22-19-23-32-56)52-59(68)62-38-29-41-64(40-28-37-61-54-70-55-67(47-17-11-5,48-18-12-6)51-58-35-26-21-27-36-58)42-30-39-63-60(69)53-66(45-15-9-3,46-16-10-4)50-57-33-24-20-25-34-57/h19-27,31-36,61H,7-18,28-30,37-55H2,1-6H3/q+1/p+2. The summed E-state index contributed by atoms with van der Waals surface area (Å²) in [6.07, 6.45) is 16.6. The lowest BCUT2D eigenvalue weighted by Crippen LogP contribution is -2.54. The van der Waals surface area contributed by atoms with Crippen molar-refractivity contribution in [2.45, 2.75) is 157 Å². The van der Waals surface area contributed by atoms with Crippen LogP contribution in [0, 0.1) is 0 Å². The van der Waals surface area contributed by atoms with Crippen molar-refractivity contribution in [3.8, 4) is 0 Å². The van der Waals surface area contributed by atoms with Gasteiger partial charge < -0.3 is 29.2 Å². The Morgan fingerprint density at radius 1 is 0.429 bits per heavy atom. The molecule has 70 heavy (non-hydrogen) atoms. The van der Waals surface area contributed by atoms with Crippen LogP contribution in [0.25, 0.3) is 0 Å². The number of hydrogen-bond acceptors (Lipinski definition) is 5. The minimum Gasteiger partial charge on any atom is -0.351 e. The number of carbonyl (C=O) groups is 2. The first-order chi connectivity index (χ1) is 34.2. The molecule has 3 rings (SSSR count). The van der Waals surface area contributed by atoms with Crippen molar-refractivity contribution in [2.75, 3.05) is 105 Å². The second-order valence-corrected chi connectivity index (χ2v) is 20.8. The third kappa shape index (κ3) is 25.7. The molecular weight excluding hydrogens is 867 g/mol. The smallest absolute Gasteiger partial charge is 0.275 e. The van der Waals surface area contributed by atoms with Gasteiger partial charge in [0.25, 0.3) is 11.8 Å². The van der Waals surface area contributed by atoms with E-state index in [0.717, 1.165) is 176 Å². The summed E-state index contributed by atoms with van der Waals surface area (Å²) < 4.78 is 9.08. The van der Waals surface area contributed by atoms with E-state index in [1.165, 1.54) is 42.4 Å². The van der Waals surface area contributed by atoms with Crippen molar-refractivity contribution >= 4 is 11.8 Å². The van der Waals surface area contributed by atoms with Crippen LogP contribution in [-0.4, -0.2) is 135 Å². The summed E-state index contributed by atoms with van der Waals surface area (Å²) in [5.74, 6) is 0.328. The number of nitrogens with one attached hydrogen (secondary N) is 3. The molecule has 0 saturated carbocycles. The second-order valence-electron chi connectivity index (χ2n) is 20.8. The summed E-state index contributed by atoms with van der Waals surface area (Å²) in [5, 5.41) is 10.3. The molecule has 10 nitrogen and oxygen atoms in total. The van der Waals surface area contributed by atoms with Gasteiger partial charge in [0, 0.05) is 29.8 Å². The quantitative estimate of drug-likeness (QED) is 0.0299. The highest BCUT2D eigenvalue weighted by Gasteiger charge is 2.32. The Bertz CT molecular complexity index is 1620. The highest BCUT2D eigenvalue weighted by atomic mass is 16.5. The summed E-state index contributed by atoms with van der Waals surface area (Å²) in [5.41, 5.74) is 4.00. The fraction of sp³-hybridized carbons (Fsp3) is 0.667. The minimum atomic E-state index is 0.164. The van der Waals surface area contributed by atoms with Gasteiger partial charge in [-0.05, 0) is 84.0 Å². The molecule has 0 atom stereocenters. The number of benzene rings is 3. The number of carbonyl (C=O) groups excluding carboxylic acids is 2. The summed E-state index contributed by atoms with van der Waals surface area (Å²) >= 11 is 0. The molecule has 0 bridgehead atoms. The van der Waals surface area contributed by atoms with Gasteiger partial charge in [-0.3, -0.25) is 19.4 Å². The molecule has 0 heterocycles. The van der Waals surface area contributed by atoms with E-state index in [9.17, 15) is 9.59 Å². The van der Waals surface area contributed by atoms with Crippen LogP contribution in [0.2, 0.25) is 0 Å². The van der Waals surface area contributed by atoms with Gasteiger partial charge in [0.1, 0.15) is 26.4 Å². The van der Waals surface area contributed by atoms with Gasteiger partial charge in [0.2, 0.25) is 0 Å². The Morgan fingerprint density at radius 3 is 1.09 bits per heavy atom. The van der Waals surface area contributed by atoms with Crippen molar-refractivity contribution in [3.05, 3.63) is 108 Å². The molecule has 394 valence electrons. The Balaban J connectivity index is 1.62. The molecule has 0 fully saturated rings. The third-order valence-corrected chi connectivity index (χ3v) is 14.3. The maximum Gasteiger partial charge on any atom is 0.275 e. The van der Waals surface area contributed by atoms with Crippen LogP contribution in [-0.2, 0) is 34.0 Å². The van der Waals surface area contributed by atoms with Crippen molar-refractivity contribution < 1.29 is 27.8 Å². The van der Waals surface area contributed by atoms with E-state index in [0.29, 0.717) is 32.9 Å². The lowest BCUT2D eigenvalue weighted by molar-refractivity contribution is -0.958. The molecular formula is C60H104N7O3+3. The fourth-order valence-corrected chi connectivity index (χ4v) is 10.2. The number of rotatable bonds is 44. The first-order valence-electron chi connectivity index (χ1n) is 28.4. The van der Waals surface area contributed by atoms with Crippen molar-refractivity contribution in [3.63, 3.8) is 0 Å². The Kier molecular flexibility index (Phi) is 32.2. The zero-order valence-electron chi connectivity index (χ0n) is 45.7. The van der Waals surface area contributed by atoms with Gasteiger partial charge in [-0.15, -0.1) is 0 Å². The van der Waals surface area contributed by atoms with Gasteiger partial charge >= 0.3 is 0 Å². The van der Waals surface area contributed by atoms with Crippen molar-refractivity contribution in [1.82, 2.24) is 20.9 Å². The number of nitrogens with zero attached hydrogens (tertiary/aromatic N) is 4. The normalized spacial score (nSPS) is 12.2. The molecule has 3 aromatic rings. The first kappa shape index (κ1) is 60.7. The van der Waals surface area contributed by atoms with Crippen molar-refractivity contribution in [2.24, 2.45) is 0 Å². The van der Waals surface area contributed by atoms with Crippen LogP contribution in [0.15, 0.2) is 91.0 Å². The fourth-order valence-electron chi connectivity index (χ4n) is 10.2. The number of ether oxygens (including phenoxy) is 1. The van der Waals surface area contributed by atoms with E-state index in [2.05, 4.69) is 153 Å². The van der Waals surface area contributed by atoms with Crippen molar-refractivity contribution in [1.29, 1.82) is 0 Å². The Labute approximate surface area is 429 Å². The van der Waals surface area contributed by atoms with E-state index in [1.54, 1.807) is 0 Å². The van der Waals surface area contributed by atoms with Crippen LogP contribution >= 0.6 is 0 Å². The SMILES string of the molecule is CCCC[N+](CCCC)(COCNCCCN(CCCNC(=O)C[N+](CCCC)(CCCC)Cc1ccccc1)CCCNC(=O)C[N+](CCCC)(CCCC)Cc1ccccc1)Cc1ccccc1. The molecule has 0 aliphatic rings. The zero-order chi connectivity index (χ0) is 50.4. The van der Waals surface area contributed by atoms with Crippen LogP contribution in [0.3, 0.4) is 0 Å². The van der Waals surface area contributed by atoms with Crippen LogP contribution in [0.5, 0.6) is 0 Å².